The second-order valence-corrected chi connectivity index (χ2v) is 7.87. The van der Waals surface area contributed by atoms with E-state index in [1.807, 2.05) is 32.0 Å². The molecule has 0 radical (unpaired) electrons. The summed E-state index contributed by atoms with van der Waals surface area (Å²) in [7, 11) is 0. The van der Waals surface area contributed by atoms with E-state index in [4.69, 9.17) is 0 Å². The smallest absolute Gasteiger partial charge is 0.313 e. The van der Waals surface area contributed by atoms with Gasteiger partial charge in [0.05, 0.1) is 0 Å². The molecule has 132 valence electrons. The molecule has 0 unspecified atom stereocenters. The lowest BCUT2D eigenvalue weighted by Crippen LogP contribution is -2.43. The zero-order valence-corrected chi connectivity index (χ0v) is 15.5. The Morgan fingerprint density at radius 1 is 1.12 bits per heavy atom. The maximum absolute atomic E-state index is 12.3. The molecule has 0 aliphatic heterocycles. The number of nitrogens with one attached hydrogen (secondary N) is 2. The molecule has 1 aromatic heterocycles. The molecule has 2 amide bonds. The van der Waals surface area contributed by atoms with Crippen LogP contribution < -0.4 is 10.6 Å². The van der Waals surface area contributed by atoms with Crippen molar-refractivity contribution >= 4 is 28.8 Å². The van der Waals surface area contributed by atoms with E-state index in [1.165, 1.54) is 17.7 Å². The van der Waals surface area contributed by atoms with Crippen LogP contribution in [0.25, 0.3) is 0 Å². The van der Waals surface area contributed by atoms with Gasteiger partial charge in [-0.3, -0.25) is 9.59 Å². The minimum Gasteiger partial charge on any atom is -0.347 e. The number of benzene rings is 1. The Morgan fingerprint density at radius 3 is 2.56 bits per heavy atom. The van der Waals surface area contributed by atoms with Gasteiger partial charge < -0.3 is 10.6 Å². The maximum Gasteiger partial charge on any atom is 0.313 e. The van der Waals surface area contributed by atoms with Crippen LogP contribution in [0.2, 0.25) is 0 Å². The molecule has 25 heavy (non-hydrogen) atoms. The Hall–Kier alpha value is -2.14. The average molecular weight is 356 g/mol. The Balaban J connectivity index is 1.63. The molecule has 0 bridgehead atoms. The van der Waals surface area contributed by atoms with Crippen LogP contribution in [0, 0.1) is 13.8 Å². The zero-order chi connectivity index (χ0) is 17.9. The summed E-state index contributed by atoms with van der Waals surface area (Å²) < 4.78 is 0. The fourth-order valence-electron chi connectivity index (χ4n) is 3.52. The van der Waals surface area contributed by atoms with Gasteiger partial charge in [-0.2, -0.15) is 0 Å². The van der Waals surface area contributed by atoms with Crippen molar-refractivity contribution < 1.29 is 9.59 Å². The first kappa shape index (κ1) is 17.7. The van der Waals surface area contributed by atoms with Gasteiger partial charge in [-0.15, -0.1) is 11.3 Å². The predicted molar refractivity (Wildman–Crippen MR) is 102 cm³/mol. The molecule has 1 fully saturated rings. The average Bonchev–Trinajstić information content (AvgIpc) is 3.27. The first-order valence-corrected chi connectivity index (χ1v) is 9.59. The van der Waals surface area contributed by atoms with Gasteiger partial charge in [0.1, 0.15) is 0 Å². The minimum atomic E-state index is -0.604. The van der Waals surface area contributed by atoms with Crippen LogP contribution in [0.1, 0.15) is 41.7 Å². The molecule has 0 atom stereocenters. The van der Waals surface area contributed by atoms with Crippen molar-refractivity contribution in [3.63, 3.8) is 0 Å². The Labute approximate surface area is 152 Å². The van der Waals surface area contributed by atoms with Crippen LogP contribution in [-0.2, 0) is 15.0 Å². The van der Waals surface area contributed by atoms with Crippen LogP contribution in [0.4, 0.5) is 5.69 Å². The number of thiophene rings is 1. The number of rotatable bonds is 4. The molecule has 1 aromatic carbocycles. The number of carbonyl (C=O) groups is 2. The quantitative estimate of drug-likeness (QED) is 0.816. The molecule has 1 heterocycles. The number of hydrogen-bond donors (Lipinski definition) is 2. The topological polar surface area (TPSA) is 58.2 Å². The summed E-state index contributed by atoms with van der Waals surface area (Å²) >= 11 is 1.73. The highest BCUT2D eigenvalue weighted by molar-refractivity contribution is 7.10. The summed E-state index contributed by atoms with van der Waals surface area (Å²) in [6, 6.07) is 9.99. The van der Waals surface area contributed by atoms with Crippen molar-refractivity contribution in [3.8, 4) is 0 Å². The van der Waals surface area contributed by atoms with E-state index in [9.17, 15) is 9.59 Å². The van der Waals surface area contributed by atoms with Gasteiger partial charge in [0.2, 0.25) is 0 Å². The third-order valence-corrected chi connectivity index (χ3v) is 6.16. The van der Waals surface area contributed by atoms with E-state index in [-0.39, 0.29) is 5.41 Å². The molecule has 5 heteroatoms. The molecule has 1 aliphatic carbocycles. The molecule has 2 N–H and O–H groups in total. The summed E-state index contributed by atoms with van der Waals surface area (Å²) in [4.78, 5) is 25.8. The molecule has 3 rings (SSSR count). The monoisotopic (exact) mass is 356 g/mol. The summed E-state index contributed by atoms with van der Waals surface area (Å²) in [6.07, 6.45) is 4.46. The molecular weight excluding hydrogens is 332 g/mol. The second-order valence-electron chi connectivity index (χ2n) is 6.92. The van der Waals surface area contributed by atoms with Crippen molar-refractivity contribution in [2.75, 3.05) is 11.9 Å². The normalized spacial score (nSPS) is 15.8. The summed E-state index contributed by atoms with van der Waals surface area (Å²) in [6.45, 7) is 4.39. The number of carbonyl (C=O) groups excluding carboxylic acids is 2. The Morgan fingerprint density at radius 2 is 1.88 bits per heavy atom. The summed E-state index contributed by atoms with van der Waals surface area (Å²) in [5, 5.41) is 7.66. The van der Waals surface area contributed by atoms with Crippen molar-refractivity contribution in [3.05, 3.63) is 51.7 Å². The first-order chi connectivity index (χ1) is 12.0. The molecule has 0 spiro atoms. The van der Waals surface area contributed by atoms with Gasteiger partial charge in [-0.05, 0) is 55.3 Å². The van der Waals surface area contributed by atoms with Crippen molar-refractivity contribution in [2.24, 2.45) is 0 Å². The molecule has 2 aromatic rings. The summed E-state index contributed by atoms with van der Waals surface area (Å²) in [5.74, 6) is -1.17. The number of amides is 2. The van der Waals surface area contributed by atoms with Gasteiger partial charge in [-0.25, -0.2) is 0 Å². The van der Waals surface area contributed by atoms with E-state index in [2.05, 4.69) is 28.1 Å². The first-order valence-electron chi connectivity index (χ1n) is 8.71. The summed E-state index contributed by atoms with van der Waals surface area (Å²) in [5.41, 5.74) is 2.67. The molecule has 0 saturated heterocycles. The van der Waals surface area contributed by atoms with Crippen molar-refractivity contribution in [1.82, 2.24) is 5.32 Å². The third kappa shape index (κ3) is 3.93. The van der Waals surface area contributed by atoms with Crippen LogP contribution >= 0.6 is 11.3 Å². The fourth-order valence-corrected chi connectivity index (χ4v) is 4.51. The molecular formula is C20H24N2O2S. The minimum absolute atomic E-state index is 0.0106. The number of aryl methyl sites for hydroxylation is 2. The SMILES string of the molecule is Cc1ccc(C)c(NC(=O)C(=O)NCC2(c3cccs3)CCCC2)c1. The number of anilines is 1. The maximum atomic E-state index is 12.3. The van der Waals surface area contributed by atoms with E-state index in [0.29, 0.717) is 12.2 Å². The van der Waals surface area contributed by atoms with Gasteiger partial charge in [0.25, 0.3) is 0 Å². The molecule has 1 aliphatic rings. The van der Waals surface area contributed by atoms with Crippen LogP contribution in [0.3, 0.4) is 0 Å². The zero-order valence-electron chi connectivity index (χ0n) is 14.7. The lowest BCUT2D eigenvalue weighted by Gasteiger charge is -2.28. The van der Waals surface area contributed by atoms with Gasteiger partial charge >= 0.3 is 11.8 Å². The van der Waals surface area contributed by atoms with Crippen LogP contribution in [0.5, 0.6) is 0 Å². The van der Waals surface area contributed by atoms with E-state index < -0.39 is 11.8 Å². The third-order valence-electron chi connectivity index (χ3n) is 5.04. The van der Waals surface area contributed by atoms with Crippen molar-refractivity contribution in [1.29, 1.82) is 0 Å². The highest BCUT2D eigenvalue weighted by Gasteiger charge is 2.37. The van der Waals surface area contributed by atoms with Crippen molar-refractivity contribution in [2.45, 2.75) is 44.9 Å². The lowest BCUT2D eigenvalue weighted by molar-refractivity contribution is -0.136. The van der Waals surface area contributed by atoms with E-state index in [0.717, 1.165) is 24.0 Å². The van der Waals surface area contributed by atoms with Crippen LogP contribution in [0.15, 0.2) is 35.7 Å². The van der Waals surface area contributed by atoms with Gasteiger partial charge in [0.15, 0.2) is 0 Å². The predicted octanol–water partition coefficient (Wildman–Crippen LogP) is 3.93. The standard InChI is InChI=1S/C20H24N2O2S/c1-14-7-8-15(2)16(12-14)22-19(24)18(23)21-13-20(9-3-4-10-20)17-6-5-11-25-17/h5-8,11-12H,3-4,9-10,13H2,1-2H3,(H,21,23)(H,22,24). The highest BCUT2D eigenvalue weighted by Crippen LogP contribution is 2.42. The highest BCUT2D eigenvalue weighted by atomic mass is 32.1. The molecule has 1 saturated carbocycles. The largest absolute Gasteiger partial charge is 0.347 e. The van der Waals surface area contributed by atoms with E-state index >= 15 is 0 Å². The second kappa shape index (κ2) is 7.40. The Bertz CT molecular complexity index is 762. The Kier molecular flexibility index (Phi) is 5.23. The van der Waals surface area contributed by atoms with Crippen LogP contribution in [-0.4, -0.2) is 18.4 Å². The van der Waals surface area contributed by atoms with Gasteiger partial charge in [-0.1, -0.05) is 31.0 Å². The van der Waals surface area contributed by atoms with E-state index in [1.54, 1.807) is 11.3 Å². The molecule has 4 nitrogen and oxygen atoms in total. The van der Waals surface area contributed by atoms with Gasteiger partial charge in [0, 0.05) is 22.5 Å². The number of hydrogen-bond acceptors (Lipinski definition) is 3. The fraction of sp³-hybridized carbons (Fsp3) is 0.400. The lowest BCUT2D eigenvalue weighted by atomic mass is 9.84.